The van der Waals surface area contributed by atoms with Crippen LogP contribution in [0.25, 0.3) is 0 Å². The number of aromatic hydroxyl groups is 1. The van der Waals surface area contributed by atoms with Gasteiger partial charge >= 0.3 is 0 Å². The van der Waals surface area contributed by atoms with Crippen LogP contribution in [0, 0.1) is 0 Å². The van der Waals surface area contributed by atoms with Crippen LogP contribution in [0.2, 0.25) is 0 Å². The van der Waals surface area contributed by atoms with Crippen LogP contribution < -0.4 is 11.1 Å². The van der Waals surface area contributed by atoms with Crippen LogP contribution >= 0.6 is 11.8 Å². The van der Waals surface area contributed by atoms with E-state index in [0.29, 0.717) is 13.0 Å². The van der Waals surface area contributed by atoms with E-state index in [4.69, 9.17) is 10.8 Å². The van der Waals surface area contributed by atoms with Gasteiger partial charge in [0.25, 0.3) is 0 Å². The molecule has 1 amide bonds. The Morgan fingerprint density at radius 2 is 2.16 bits per heavy atom. The van der Waals surface area contributed by atoms with Gasteiger partial charge in [0.15, 0.2) is 0 Å². The Balaban J connectivity index is 2.28. The number of hydrogen-bond acceptors (Lipinski definition) is 4. The van der Waals surface area contributed by atoms with Gasteiger partial charge in [0.05, 0.1) is 6.04 Å². The standard InChI is InChI=1S/C14H20N2O2S/c1-2-8-19-9-7-16-14(18)13(15)10-11-3-5-12(17)6-4-11/h2-6,13,17H,1,7-10,15H2,(H,16,18)/t13-/m1/s1. The molecule has 19 heavy (non-hydrogen) atoms. The SMILES string of the molecule is C=CCSCCNC(=O)[C@H](N)Cc1ccc(O)cc1. The van der Waals surface area contributed by atoms with Crippen molar-refractivity contribution in [3.8, 4) is 5.75 Å². The van der Waals surface area contributed by atoms with E-state index in [2.05, 4.69) is 11.9 Å². The van der Waals surface area contributed by atoms with Crippen LogP contribution in [-0.2, 0) is 11.2 Å². The van der Waals surface area contributed by atoms with Gasteiger partial charge in [0.2, 0.25) is 5.91 Å². The molecular weight excluding hydrogens is 260 g/mol. The van der Waals surface area contributed by atoms with E-state index in [0.717, 1.165) is 17.1 Å². The van der Waals surface area contributed by atoms with Gasteiger partial charge in [-0.3, -0.25) is 4.79 Å². The van der Waals surface area contributed by atoms with E-state index >= 15 is 0 Å². The van der Waals surface area contributed by atoms with Crippen molar-refractivity contribution in [1.29, 1.82) is 0 Å². The quantitative estimate of drug-likeness (QED) is 0.495. The first-order chi connectivity index (χ1) is 9.13. The molecule has 0 aliphatic rings. The molecule has 1 rings (SSSR count). The minimum absolute atomic E-state index is 0.146. The molecule has 0 heterocycles. The third kappa shape index (κ3) is 6.31. The second-order valence-electron chi connectivity index (χ2n) is 4.13. The minimum Gasteiger partial charge on any atom is -0.508 e. The van der Waals surface area contributed by atoms with E-state index in [1.165, 1.54) is 0 Å². The molecule has 0 bridgehead atoms. The van der Waals surface area contributed by atoms with Crippen molar-refractivity contribution in [1.82, 2.24) is 5.32 Å². The Bertz CT molecular complexity index is 406. The fourth-order valence-corrected chi connectivity index (χ4v) is 2.10. The molecule has 5 heteroatoms. The fraction of sp³-hybridized carbons (Fsp3) is 0.357. The zero-order valence-electron chi connectivity index (χ0n) is 10.8. The van der Waals surface area contributed by atoms with Gasteiger partial charge in [0, 0.05) is 18.1 Å². The van der Waals surface area contributed by atoms with Crippen LogP contribution in [0.1, 0.15) is 5.56 Å². The second-order valence-corrected chi connectivity index (χ2v) is 5.28. The number of amides is 1. The summed E-state index contributed by atoms with van der Waals surface area (Å²) in [7, 11) is 0. The van der Waals surface area contributed by atoms with Crippen LogP contribution in [0.15, 0.2) is 36.9 Å². The van der Waals surface area contributed by atoms with E-state index in [1.807, 2.05) is 6.08 Å². The highest BCUT2D eigenvalue weighted by Crippen LogP contribution is 2.10. The molecule has 0 saturated carbocycles. The van der Waals surface area contributed by atoms with Crippen molar-refractivity contribution in [3.63, 3.8) is 0 Å². The number of nitrogens with two attached hydrogens (primary N) is 1. The molecule has 0 saturated heterocycles. The summed E-state index contributed by atoms with van der Waals surface area (Å²) in [4.78, 5) is 11.7. The summed E-state index contributed by atoms with van der Waals surface area (Å²) in [5, 5.41) is 12.0. The van der Waals surface area contributed by atoms with Crippen molar-refractivity contribution in [2.45, 2.75) is 12.5 Å². The van der Waals surface area contributed by atoms with Gasteiger partial charge in [-0.1, -0.05) is 18.2 Å². The monoisotopic (exact) mass is 280 g/mol. The van der Waals surface area contributed by atoms with Crippen molar-refractivity contribution in [3.05, 3.63) is 42.5 Å². The van der Waals surface area contributed by atoms with Gasteiger partial charge in [-0.2, -0.15) is 11.8 Å². The lowest BCUT2D eigenvalue weighted by Gasteiger charge is -2.12. The van der Waals surface area contributed by atoms with E-state index in [1.54, 1.807) is 36.0 Å². The molecule has 1 atom stereocenters. The van der Waals surface area contributed by atoms with E-state index in [-0.39, 0.29) is 11.7 Å². The largest absolute Gasteiger partial charge is 0.508 e. The van der Waals surface area contributed by atoms with Gasteiger partial charge in [-0.05, 0) is 24.1 Å². The molecule has 0 aliphatic heterocycles. The molecule has 0 fully saturated rings. The minimum atomic E-state index is -0.561. The first-order valence-corrected chi connectivity index (χ1v) is 7.29. The number of rotatable bonds is 8. The highest BCUT2D eigenvalue weighted by Gasteiger charge is 2.13. The third-order valence-electron chi connectivity index (χ3n) is 2.51. The normalized spacial score (nSPS) is 11.8. The Kier molecular flexibility index (Phi) is 7.07. The predicted molar refractivity (Wildman–Crippen MR) is 80.3 cm³/mol. The Labute approximate surface area is 118 Å². The number of benzene rings is 1. The summed E-state index contributed by atoms with van der Waals surface area (Å²) < 4.78 is 0. The molecule has 4 N–H and O–H groups in total. The molecule has 0 radical (unpaired) electrons. The first kappa shape index (κ1) is 15.6. The molecule has 0 aliphatic carbocycles. The van der Waals surface area contributed by atoms with Gasteiger partial charge in [-0.25, -0.2) is 0 Å². The average molecular weight is 280 g/mol. The molecule has 0 unspecified atom stereocenters. The maximum atomic E-state index is 11.7. The predicted octanol–water partition coefficient (Wildman–Crippen LogP) is 1.30. The maximum Gasteiger partial charge on any atom is 0.237 e. The van der Waals surface area contributed by atoms with E-state index in [9.17, 15) is 4.79 Å². The van der Waals surface area contributed by atoms with Gasteiger partial charge < -0.3 is 16.2 Å². The summed E-state index contributed by atoms with van der Waals surface area (Å²) in [5.74, 6) is 1.80. The number of hydrogen-bond donors (Lipinski definition) is 3. The molecule has 0 aromatic heterocycles. The topological polar surface area (TPSA) is 75.4 Å². The van der Waals surface area contributed by atoms with Crippen LogP contribution in [-0.4, -0.2) is 35.1 Å². The lowest BCUT2D eigenvalue weighted by Crippen LogP contribution is -2.42. The summed E-state index contributed by atoms with van der Waals surface area (Å²) in [6, 6.07) is 6.15. The molecule has 0 spiro atoms. The Morgan fingerprint density at radius 3 is 2.79 bits per heavy atom. The number of nitrogens with one attached hydrogen (secondary N) is 1. The average Bonchev–Trinajstić information content (AvgIpc) is 2.41. The van der Waals surface area contributed by atoms with Crippen molar-refractivity contribution < 1.29 is 9.90 Å². The molecular formula is C14H20N2O2S. The highest BCUT2D eigenvalue weighted by atomic mass is 32.2. The third-order valence-corrected chi connectivity index (χ3v) is 3.47. The van der Waals surface area contributed by atoms with Crippen LogP contribution in [0.4, 0.5) is 0 Å². The molecule has 1 aromatic rings. The van der Waals surface area contributed by atoms with Gasteiger partial charge in [0.1, 0.15) is 5.75 Å². The highest BCUT2D eigenvalue weighted by molar-refractivity contribution is 7.99. The summed E-state index contributed by atoms with van der Waals surface area (Å²) in [6.45, 7) is 4.24. The number of thioether (sulfide) groups is 1. The lowest BCUT2D eigenvalue weighted by atomic mass is 10.1. The summed E-state index contributed by atoms with van der Waals surface area (Å²) >= 11 is 1.71. The molecule has 1 aromatic carbocycles. The summed E-state index contributed by atoms with van der Waals surface area (Å²) in [5.41, 5.74) is 6.76. The number of phenolic OH excluding ortho intramolecular Hbond substituents is 1. The number of carbonyl (C=O) groups excluding carboxylic acids is 1. The van der Waals surface area contributed by atoms with Crippen LogP contribution in [0.3, 0.4) is 0 Å². The van der Waals surface area contributed by atoms with Gasteiger partial charge in [-0.15, -0.1) is 6.58 Å². The smallest absolute Gasteiger partial charge is 0.237 e. The zero-order chi connectivity index (χ0) is 14.1. The molecule has 4 nitrogen and oxygen atoms in total. The van der Waals surface area contributed by atoms with Crippen LogP contribution in [0.5, 0.6) is 5.75 Å². The van der Waals surface area contributed by atoms with Crippen molar-refractivity contribution in [2.75, 3.05) is 18.1 Å². The Morgan fingerprint density at radius 1 is 1.47 bits per heavy atom. The first-order valence-electron chi connectivity index (χ1n) is 6.13. The number of carbonyl (C=O) groups is 1. The lowest BCUT2D eigenvalue weighted by molar-refractivity contribution is -0.122. The van der Waals surface area contributed by atoms with Crippen molar-refractivity contribution >= 4 is 17.7 Å². The summed E-state index contributed by atoms with van der Waals surface area (Å²) in [6.07, 6.45) is 2.30. The Hall–Kier alpha value is -1.46. The van der Waals surface area contributed by atoms with E-state index < -0.39 is 6.04 Å². The van der Waals surface area contributed by atoms with Crippen molar-refractivity contribution in [2.24, 2.45) is 5.73 Å². The fourth-order valence-electron chi connectivity index (χ4n) is 1.52. The number of phenols is 1. The molecule has 104 valence electrons. The maximum absolute atomic E-state index is 11.7. The zero-order valence-corrected chi connectivity index (χ0v) is 11.7. The second kappa shape index (κ2) is 8.61.